The number of nitrogens with two attached hydrogens (primary N) is 1. The molecule has 0 unspecified atom stereocenters. The minimum absolute atomic E-state index is 0.0313. The lowest BCUT2D eigenvalue weighted by atomic mass is 10.4. The van der Waals surface area contributed by atoms with Crippen molar-refractivity contribution in [2.45, 2.75) is 13.0 Å². The first-order valence-corrected chi connectivity index (χ1v) is 2.99. The van der Waals surface area contributed by atoms with Gasteiger partial charge in [0.25, 0.3) is 0 Å². The number of hydrogen-bond acceptors (Lipinski definition) is 5. The molecule has 1 aromatic rings. The van der Waals surface area contributed by atoms with Gasteiger partial charge in [-0.3, -0.25) is 0 Å². The molecule has 1 rings (SSSR count). The van der Waals surface area contributed by atoms with E-state index in [9.17, 15) is 0 Å². The summed E-state index contributed by atoms with van der Waals surface area (Å²) in [4.78, 5) is 3.86. The third-order valence-electron chi connectivity index (χ3n) is 1.02. The summed E-state index contributed by atoms with van der Waals surface area (Å²) < 4.78 is 4.67. The molecule has 0 saturated heterocycles. The van der Waals surface area contributed by atoms with E-state index < -0.39 is 0 Å². The molecule has 0 aliphatic heterocycles. The van der Waals surface area contributed by atoms with Crippen LogP contribution in [0.25, 0.3) is 0 Å². The minimum Gasteiger partial charge on any atom is -0.396 e. The summed E-state index contributed by atoms with van der Waals surface area (Å²) in [6.45, 7) is 0.280. The second-order valence-corrected chi connectivity index (χ2v) is 1.78. The van der Waals surface area contributed by atoms with Crippen LogP contribution in [0.3, 0.4) is 0 Å². The fourth-order valence-corrected chi connectivity index (χ4v) is 0.575. The third kappa shape index (κ3) is 1.52. The molecular formula is C5H9N3O2. The van der Waals surface area contributed by atoms with Gasteiger partial charge < -0.3 is 15.4 Å². The normalized spacial score (nSPS) is 10.2. The van der Waals surface area contributed by atoms with Gasteiger partial charge in [-0.05, 0) is 0 Å². The van der Waals surface area contributed by atoms with E-state index in [-0.39, 0.29) is 13.2 Å². The van der Waals surface area contributed by atoms with Gasteiger partial charge in [0.15, 0.2) is 5.82 Å². The maximum Gasteiger partial charge on any atom is 0.240 e. The van der Waals surface area contributed by atoms with E-state index in [1.54, 1.807) is 0 Å². The summed E-state index contributed by atoms with van der Waals surface area (Å²) in [7, 11) is 0. The van der Waals surface area contributed by atoms with E-state index in [0.29, 0.717) is 18.1 Å². The van der Waals surface area contributed by atoms with Crippen molar-refractivity contribution < 1.29 is 9.63 Å². The Morgan fingerprint density at radius 3 is 2.90 bits per heavy atom. The zero-order valence-corrected chi connectivity index (χ0v) is 5.45. The molecule has 0 aliphatic carbocycles. The molecule has 0 fully saturated rings. The third-order valence-corrected chi connectivity index (χ3v) is 1.02. The average molecular weight is 143 g/mol. The maximum atomic E-state index is 8.45. The number of aliphatic hydroxyl groups excluding tert-OH is 1. The van der Waals surface area contributed by atoms with Crippen LogP contribution in [0.2, 0.25) is 0 Å². The summed E-state index contributed by atoms with van der Waals surface area (Å²) in [6.07, 6.45) is 0.420. The van der Waals surface area contributed by atoms with Gasteiger partial charge in [-0.2, -0.15) is 4.98 Å². The lowest BCUT2D eigenvalue weighted by molar-refractivity contribution is 0.293. The van der Waals surface area contributed by atoms with Crippen LogP contribution in [0.1, 0.15) is 11.7 Å². The van der Waals surface area contributed by atoms with Crippen LogP contribution >= 0.6 is 0 Å². The van der Waals surface area contributed by atoms with Gasteiger partial charge in [0.2, 0.25) is 5.89 Å². The number of hydrogen-bond donors (Lipinski definition) is 2. The van der Waals surface area contributed by atoms with E-state index in [1.165, 1.54) is 0 Å². The van der Waals surface area contributed by atoms with Crippen LogP contribution in [-0.2, 0) is 13.0 Å². The van der Waals surface area contributed by atoms with E-state index >= 15 is 0 Å². The molecule has 1 heterocycles. The molecular weight excluding hydrogens is 134 g/mol. The van der Waals surface area contributed by atoms with Gasteiger partial charge in [-0.25, -0.2) is 0 Å². The molecule has 0 bridgehead atoms. The molecule has 0 aliphatic rings. The fourth-order valence-electron chi connectivity index (χ4n) is 0.575. The first-order valence-electron chi connectivity index (χ1n) is 2.99. The van der Waals surface area contributed by atoms with Gasteiger partial charge >= 0.3 is 0 Å². The Morgan fingerprint density at radius 2 is 2.40 bits per heavy atom. The Balaban J connectivity index is 2.59. The van der Waals surface area contributed by atoms with E-state index in [4.69, 9.17) is 10.8 Å². The molecule has 56 valence electrons. The van der Waals surface area contributed by atoms with Crippen LogP contribution in [-0.4, -0.2) is 21.9 Å². The Bertz CT molecular complexity index is 199. The predicted molar refractivity (Wildman–Crippen MR) is 33.0 cm³/mol. The van der Waals surface area contributed by atoms with E-state index in [0.717, 1.165) is 0 Å². The second kappa shape index (κ2) is 3.28. The van der Waals surface area contributed by atoms with Crippen LogP contribution in [0.4, 0.5) is 0 Å². The Kier molecular flexibility index (Phi) is 2.35. The maximum absolute atomic E-state index is 8.45. The fraction of sp³-hybridized carbons (Fsp3) is 0.600. The monoisotopic (exact) mass is 143 g/mol. The number of aliphatic hydroxyl groups is 1. The van der Waals surface area contributed by atoms with Gasteiger partial charge in [0.05, 0.1) is 13.2 Å². The van der Waals surface area contributed by atoms with Gasteiger partial charge in [0.1, 0.15) is 0 Å². The van der Waals surface area contributed by atoms with E-state index in [2.05, 4.69) is 14.7 Å². The zero-order valence-electron chi connectivity index (χ0n) is 5.45. The van der Waals surface area contributed by atoms with Gasteiger partial charge in [0, 0.05) is 6.42 Å². The standard InChI is InChI=1S/C5H9N3O2/c6-3-5-7-4(1-2-9)8-10-5/h9H,1-3,6H2. The van der Waals surface area contributed by atoms with Crippen molar-refractivity contribution in [2.24, 2.45) is 5.73 Å². The number of nitrogens with zero attached hydrogens (tertiary/aromatic N) is 2. The van der Waals surface area contributed by atoms with Crippen molar-refractivity contribution in [1.29, 1.82) is 0 Å². The summed E-state index contributed by atoms with van der Waals surface area (Å²) in [6, 6.07) is 0. The second-order valence-electron chi connectivity index (χ2n) is 1.78. The van der Waals surface area contributed by atoms with Crippen molar-refractivity contribution in [2.75, 3.05) is 6.61 Å². The molecule has 0 spiro atoms. The molecule has 10 heavy (non-hydrogen) atoms. The highest BCUT2D eigenvalue weighted by molar-refractivity contribution is 4.84. The van der Waals surface area contributed by atoms with Crippen molar-refractivity contribution in [3.63, 3.8) is 0 Å². The van der Waals surface area contributed by atoms with Crippen LogP contribution in [0, 0.1) is 0 Å². The molecule has 3 N–H and O–H groups in total. The average Bonchev–Trinajstić information content (AvgIpc) is 2.37. The molecule has 0 radical (unpaired) electrons. The highest BCUT2D eigenvalue weighted by Gasteiger charge is 2.01. The smallest absolute Gasteiger partial charge is 0.240 e. The van der Waals surface area contributed by atoms with E-state index in [1.807, 2.05) is 0 Å². The van der Waals surface area contributed by atoms with Crippen molar-refractivity contribution >= 4 is 0 Å². The van der Waals surface area contributed by atoms with Gasteiger partial charge in [-0.1, -0.05) is 5.16 Å². The molecule has 0 atom stereocenters. The lowest BCUT2D eigenvalue weighted by Gasteiger charge is -1.82. The zero-order chi connectivity index (χ0) is 7.40. The first kappa shape index (κ1) is 7.17. The SMILES string of the molecule is NCc1nc(CCO)no1. The highest BCUT2D eigenvalue weighted by Crippen LogP contribution is 1.95. The molecule has 0 amide bonds. The van der Waals surface area contributed by atoms with Crippen LogP contribution in [0.15, 0.2) is 4.52 Å². The molecule has 5 heteroatoms. The first-order chi connectivity index (χ1) is 4.86. The predicted octanol–water partition coefficient (Wildman–Crippen LogP) is -0.937. The van der Waals surface area contributed by atoms with Crippen LogP contribution in [0.5, 0.6) is 0 Å². The number of aromatic nitrogens is 2. The van der Waals surface area contributed by atoms with Crippen LogP contribution < -0.4 is 5.73 Å². The Morgan fingerprint density at radius 1 is 1.60 bits per heavy atom. The van der Waals surface area contributed by atoms with Gasteiger partial charge in [-0.15, -0.1) is 0 Å². The summed E-state index contributed by atoms with van der Waals surface area (Å²) >= 11 is 0. The lowest BCUT2D eigenvalue weighted by Crippen LogP contribution is -1.97. The van der Waals surface area contributed by atoms with Crippen molar-refractivity contribution in [1.82, 2.24) is 10.1 Å². The van der Waals surface area contributed by atoms with Crippen molar-refractivity contribution in [3.05, 3.63) is 11.7 Å². The summed E-state index contributed by atoms with van der Waals surface area (Å²) in [5.41, 5.74) is 5.20. The summed E-state index contributed by atoms with van der Waals surface area (Å²) in [5, 5.41) is 12.0. The molecule has 0 saturated carbocycles. The summed E-state index contributed by atoms with van der Waals surface area (Å²) in [5.74, 6) is 0.909. The Hall–Kier alpha value is -0.940. The molecule has 1 aromatic heterocycles. The molecule has 5 nitrogen and oxygen atoms in total. The topological polar surface area (TPSA) is 85.2 Å². The number of rotatable bonds is 3. The molecule has 0 aromatic carbocycles. The quantitative estimate of drug-likeness (QED) is 0.570. The Labute approximate surface area is 57.8 Å². The largest absolute Gasteiger partial charge is 0.396 e. The van der Waals surface area contributed by atoms with Crippen molar-refractivity contribution in [3.8, 4) is 0 Å². The highest BCUT2D eigenvalue weighted by atomic mass is 16.5. The minimum atomic E-state index is 0.0313.